The second-order valence-corrected chi connectivity index (χ2v) is 9.07. The van der Waals surface area contributed by atoms with Gasteiger partial charge in [-0.2, -0.15) is 0 Å². The van der Waals surface area contributed by atoms with Crippen LogP contribution < -0.4 is 0 Å². The summed E-state index contributed by atoms with van der Waals surface area (Å²) >= 11 is 12.6. The lowest BCUT2D eigenvalue weighted by Gasteiger charge is -2.20. The first-order valence-electron chi connectivity index (χ1n) is 10.8. The van der Waals surface area contributed by atoms with Crippen LogP contribution in [-0.4, -0.2) is 14.1 Å². The Morgan fingerprint density at radius 1 is 0.909 bits per heavy atom. The van der Waals surface area contributed by atoms with Gasteiger partial charge in [-0.15, -0.1) is 0 Å². The maximum atomic E-state index is 6.49. The van der Waals surface area contributed by atoms with Crippen molar-refractivity contribution in [2.75, 3.05) is 0 Å². The van der Waals surface area contributed by atoms with Gasteiger partial charge in [-0.3, -0.25) is 0 Å². The summed E-state index contributed by atoms with van der Waals surface area (Å²) in [4.78, 5) is 4.33. The normalized spacial score (nSPS) is 12.1. The summed E-state index contributed by atoms with van der Waals surface area (Å²) in [6, 6.07) is 24.9. The molecule has 0 N–H and O–H groups in total. The average molecular weight is 472 g/mol. The van der Waals surface area contributed by atoms with E-state index in [1.807, 2.05) is 36.9 Å². The van der Waals surface area contributed by atoms with Crippen LogP contribution in [0.3, 0.4) is 0 Å². The van der Waals surface area contributed by atoms with Gasteiger partial charge in [0, 0.05) is 52.5 Å². The van der Waals surface area contributed by atoms with Crippen molar-refractivity contribution in [1.29, 1.82) is 0 Å². The summed E-state index contributed by atoms with van der Waals surface area (Å²) < 4.78 is 4.36. The van der Waals surface area contributed by atoms with E-state index in [0.717, 1.165) is 5.56 Å². The van der Waals surface area contributed by atoms with E-state index in [1.54, 1.807) is 6.07 Å². The molecule has 0 unspecified atom stereocenters. The quantitative estimate of drug-likeness (QED) is 0.249. The fourth-order valence-corrected chi connectivity index (χ4v) is 4.69. The average Bonchev–Trinajstić information content (AvgIpc) is 3.48. The maximum absolute atomic E-state index is 6.49. The second kappa shape index (κ2) is 9.30. The van der Waals surface area contributed by atoms with Gasteiger partial charge in [0.15, 0.2) is 0 Å². The Hall–Kier alpha value is -3.27. The molecule has 0 amide bonds. The molecule has 2 aromatic heterocycles. The van der Waals surface area contributed by atoms with Crippen LogP contribution in [0.15, 0.2) is 104 Å². The van der Waals surface area contributed by atoms with Gasteiger partial charge in [-0.1, -0.05) is 89.4 Å². The lowest BCUT2D eigenvalue weighted by molar-refractivity contribution is 0.673. The molecule has 3 aromatic carbocycles. The Morgan fingerprint density at radius 2 is 1.70 bits per heavy atom. The molecular weight excluding hydrogens is 449 g/mol. The third kappa shape index (κ3) is 4.61. The Morgan fingerprint density at radius 3 is 2.39 bits per heavy atom. The zero-order chi connectivity index (χ0) is 22.8. The van der Waals surface area contributed by atoms with E-state index < -0.39 is 0 Å². The largest absolute Gasteiger partial charge is 0.349 e. The number of imidazole rings is 1. The van der Waals surface area contributed by atoms with Crippen LogP contribution in [0.5, 0.6) is 0 Å². The van der Waals surface area contributed by atoms with E-state index in [0.29, 0.717) is 16.6 Å². The Balaban J connectivity index is 1.66. The molecule has 0 saturated carbocycles. The molecule has 5 heteroatoms. The van der Waals surface area contributed by atoms with Gasteiger partial charge in [-0.25, -0.2) is 4.98 Å². The van der Waals surface area contributed by atoms with E-state index in [2.05, 4.69) is 82.0 Å². The second-order valence-electron chi connectivity index (χ2n) is 8.22. The van der Waals surface area contributed by atoms with Crippen LogP contribution in [0.2, 0.25) is 10.0 Å². The summed E-state index contributed by atoms with van der Waals surface area (Å²) in [7, 11) is 0. The van der Waals surface area contributed by atoms with Gasteiger partial charge in [0.25, 0.3) is 0 Å². The molecule has 0 aliphatic rings. The van der Waals surface area contributed by atoms with Gasteiger partial charge >= 0.3 is 0 Å². The summed E-state index contributed by atoms with van der Waals surface area (Å²) in [6.45, 7) is 2.76. The van der Waals surface area contributed by atoms with E-state index in [9.17, 15) is 0 Å². The van der Waals surface area contributed by atoms with Gasteiger partial charge in [0.1, 0.15) is 0 Å². The van der Waals surface area contributed by atoms with Crippen molar-refractivity contribution in [2.45, 2.75) is 19.5 Å². The molecule has 0 radical (unpaired) electrons. The summed E-state index contributed by atoms with van der Waals surface area (Å²) in [6.07, 6.45) is 10.1. The topological polar surface area (TPSA) is 22.8 Å². The van der Waals surface area contributed by atoms with Gasteiger partial charge in [0.05, 0.1) is 12.4 Å². The predicted molar refractivity (Wildman–Crippen MR) is 136 cm³/mol. The number of rotatable bonds is 6. The number of aromatic nitrogens is 3. The SMILES string of the molecule is Cc1ccc(-c2cn(Cc3ccc(Cl)cc3Cl)cc2[C@@H](c2ccccc2)n2ccnc2)cc1. The highest BCUT2D eigenvalue weighted by atomic mass is 35.5. The van der Waals surface area contributed by atoms with Crippen molar-refractivity contribution in [3.05, 3.63) is 136 Å². The highest BCUT2D eigenvalue weighted by Crippen LogP contribution is 2.36. The molecule has 0 fully saturated rings. The van der Waals surface area contributed by atoms with E-state index in [-0.39, 0.29) is 6.04 Å². The summed E-state index contributed by atoms with van der Waals surface area (Å²) in [5, 5.41) is 1.31. The number of nitrogens with zero attached hydrogens (tertiary/aromatic N) is 3. The Kier molecular flexibility index (Phi) is 6.08. The molecule has 33 heavy (non-hydrogen) atoms. The van der Waals surface area contributed by atoms with Crippen LogP contribution in [0.25, 0.3) is 11.1 Å². The molecular formula is C28H23Cl2N3. The first-order valence-corrected chi connectivity index (χ1v) is 11.6. The first-order chi connectivity index (χ1) is 16.1. The number of halogens is 2. The van der Waals surface area contributed by atoms with Crippen molar-refractivity contribution in [2.24, 2.45) is 0 Å². The standard InChI is InChI=1S/C28H23Cl2N3/c1-20-7-9-21(10-8-20)25-17-32(16-23-11-12-24(29)15-27(23)30)18-26(25)28(33-14-13-31-19-33)22-5-3-2-4-6-22/h2-15,17-19,28H,16H2,1H3/t28-/m1/s1. The van der Waals surface area contributed by atoms with Crippen molar-refractivity contribution in [3.63, 3.8) is 0 Å². The van der Waals surface area contributed by atoms with Crippen LogP contribution in [0.4, 0.5) is 0 Å². The zero-order valence-electron chi connectivity index (χ0n) is 18.2. The summed E-state index contributed by atoms with van der Waals surface area (Å²) in [5.41, 5.74) is 7.03. The van der Waals surface area contributed by atoms with Crippen molar-refractivity contribution >= 4 is 23.2 Å². The summed E-state index contributed by atoms with van der Waals surface area (Å²) in [5.74, 6) is 0. The molecule has 0 aliphatic carbocycles. The minimum absolute atomic E-state index is 0.00746. The number of aryl methyl sites for hydroxylation is 1. The molecule has 0 aliphatic heterocycles. The Bertz CT molecular complexity index is 1350. The highest BCUT2D eigenvalue weighted by molar-refractivity contribution is 6.35. The third-order valence-corrected chi connectivity index (χ3v) is 6.46. The van der Waals surface area contributed by atoms with Crippen molar-refractivity contribution in [1.82, 2.24) is 14.1 Å². The molecule has 5 rings (SSSR count). The maximum Gasteiger partial charge on any atom is 0.0954 e. The molecule has 164 valence electrons. The lowest BCUT2D eigenvalue weighted by atomic mass is 9.94. The molecule has 2 heterocycles. The Labute approximate surface area is 203 Å². The fourth-order valence-electron chi connectivity index (χ4n) is 4.23. The first kappa shape index (κ1) is 21.6. The highest BCUT2D eigenvalue weighted by Gasteiger charge is 2.22. The lowest BCUT2D eigenvalue weighted by Crippen LogP contribution is -2.11. The van der Waals surface area contributed by atoms with E-state index in [4.69, 9.17) is 23.2 Å². The third-order valence-electron chi connectivity index (χ3n) is 5.87. The minimum Gasteiger partial charge on any atom is -0.349 e. The van der Waals surface area contributed by atoms with Crippen molar-refractivity contribution in [3.8, 4) is 11.1 Å². The van der Waals surface area contributed by atoms with E-state index in [1.165, 1.54) is 27.8 Å². The number of hydrogen-bond donors (Lipinski definition) is 0. The smallest absolute Gasteiger partial charge is 0.0954 e. The van der Waals surface area contributed by atoms with Crippen LogP contribution >= 0.6 is 23.2 Å². The molecule has 5 aromatic rings. The van der Waals surface area contributed by atoms with Gasteiger partial charge < -0.3 is 9.13 Å². The molecule has 0 saturated heterocycles. The monoisotopic (exact) mass is 471 g/mol. The zero-order valence-corrected chi connectivity index (χ0v) is 19.7. The predicted octanol–water partition coefficient (Wildman–Crippen LogP) is 7.65. The van der Waals surface area contributed by atoms with Gasteiger partial charge in [0.2, 0.25) is 0 Å². The number of benzene rings is 3. The van der Waals surface area contributed by atoms with Gasteiger partial charge in [-0.05, 0) is 35.7 Å². The number of hydrogen-bond acceptors (Lipinski definition) is 1. The van der Waals surface area contributed by atoms with E-state index >= 15 is 0 Å². The minimum atomic E-state index is -0.00746. The van der Waals surface area contributed by atoms with Crippen molar-refractivity contribution < 1.29 is 0 Å². The van der Waals surface area contributed by atoms with Crippen LogP contribution in [0.1, 0.15) is 28.3 Å². The molecule has 3 nitrogen and oxygen atoms in total. The molecule has 1 atom stereocenters. The fraction of sp³-hybridized carbons (Fsp3) is 0.107. The molecule has 0 bridgehead atoms. The molecule has 0 spiro atoms. The van der Waals surface area contributed by atoms with Crippen LogP contribution in [0, 0.1) is 6.92 Å². The van der Waals surface area contributed by atoms with Crippen LogP contribution in [-0.2, 0) is 6.54 Å².